The lowest BCUT2D eigenvalue weighted by molar-refractivity contribution is -0.138. The molecule has 0 radical (unpaired) electrons. The molecule has 1 amide bonds. The van der Waals surface area contributed by atoms with Crippen molar-refractivity contribution in [3.63, 3.8) is 0 Å². The number of nitrogens with zero attached hydrogens (tertiary/aromatic N) is 2. The van der Waals surface area contributed by atoms with Gasteiger partial charge in [-0.15, -0.1) is 0 Å². The lowest BCUT2D eigenvalue weighted by atomic mass is 9.92. The highest BCUT2D eigenvalue weighted by molar-refractivity contribution is 7.89. The fourth-order valence-electron chi connectivity index (χ4n) is 5.41. The number of benzene rings is 1. The number of piperidine rings is 1. The predicted molar refractivity (Wildman–Crippen MR) is 114 cm³/mol. The molecule has 0 spiro atoms. The third-order valence-corrected chi connectivity index (χ3v) is 9.04. The zero-order valence-electron chi connectivity index (χ0n) is 17.6. The van der Waals surface area contributed by atoms with Crippen LogP contribution in [0.4, 0.5) is 0 Å². The van der Waals surface area contributed by atoms with E-state index >= 15 is 0 Å². The van der Waals surface area contributed by atoms with E-state index in [1.54, 1.807) is 10.4 Å². The van der Waals surface area contributed by atoms with Gasteiger partial charge in [-0.2, -0.15) is 4.31 Å². The zero-order chi connectivity index (χ0) is 20.4. The fourth-order valence-corrected chi connectivity index (χ4v) is 6.93. The van der Waals surface area contributed by atoms with Crippen molar-refractivity contribution in [2.24, 2.45) is 5.92 Å². The van der Waals surface area contributed by atoms with Crippen LogP contribution in [0.5, 0.6) is 0 Å². The molecule has 1 saturated heterocycles. The molecule has 3 aliphatic rings. The Bertz CT molecular complexity index is 838. The highest BCUT2D eigenvalue weighted by Gasteiger charge is 2.36. The van der Waals surface area contributed by atoms with Crippen molar-refractivity contribution in [3.8, 4) is 0 Å². The summed E-state index contributed by atoms with van der Waals surface area (Å²) in [5.74, 6) is 0.204. The zero-order valence-corrected chi connectivity index (χ0v) is 18.4. The molecule has 1 aromatic carbocycles. The van der Waals surface area contributed by atoms with Crippen LogP contribution < -0.4 is 0 Å². The molecule has 5 nitrogen and oxygen atoms in total. The molecule has 0 unspecified atom stereocenters. The summed E-state index contributed by atoms with van der Waals surface area (Å²) in [7, 11) is -3.48. The normalized spacial score (nSPS) is 21.8. The lowest BCUT2D eigenvalue weighted by Crippen LogP contribution is -2.47. The molecule has 1 heterocycles. The van der Waals surface area contributed by atoms with Gasteiger partial charge in [0.15, 0.2) is 0 Å². The highest BCUT2D eigenvalue weighted by Crippen LogP contribution is 2.30. The van der Waals surface area contributed by atoms with Gasteiger partial charge < -0.3 is 4.90 Å². The minimum Gasteiger partial charge on any atom is -0.340 e. The summed E-state index contributed by atoms with van der Waals surface area (Å²) in [5, 5.41) is 0. The first-order valence-corrected chi connectivity index (χ1v) is 12.9. The molecule has 0 bridgehead atoms. The minimum atomic E-state index is -3.48. The van der Waals surface area contributed by atoms with Crippen molar-refractivity contribution in [1.29, 1.82) is 0 Å². The van der Waals surface area contributed by atoms with Crippen LogP contribution in [0.3, 0.4) is 0 Å². The van der Waals surface area contributed by atoms with E-state index in [0.717, 1.165) is 38.6 Å². The summed E-state index contributed by atoms with van der Waals surface area (Å²) >= 11 is 0. The van der Waals surface area contributed by atoms with Gasteiger partial charge >= 0.3 is 0 Å². The standard InChI is InChI=1S/C23H34N2O3S/c1-2-25(21-9-5-6-10-21)23(26)19-13-15-24(16-14-19)29(27,28)22-12-11-18-7-3-4-8-20(18)17-22/h11-12,17,19,21H,2-10,13-16H2,1H3. The Morgan fingerprint density at radius 1 is 1.00 bits per heavy atom. The molecule has 2 fully saturated rings. The number of carbonyl (C=O) groups is 1. The van der Waals surface area contributed by atoms with E-state index in [4.69, 9.17) is 0 Å². The number of hydrogen-bond acceptors (Lipinski definition) is 3. The summed E-state index contributed by atoms with van der Waals surface area (Å²) < 4.78 is 27.9. The van der Waals surface area contributed by atoms with Gasteiger partial charge in [0.2, 0.25) is 15.9 Å². The van der Waals surface area contributed by atoms with Gasteiger partial charge in [-0.25, -0.2) is 8.42 Å². The van der Waals surface area contributed by atoms with Crippen LogP contribution in [0.25, 0.3) is 0 Å². The Balaban J connectivity index is 1.41. The molecule has 0 aromatic heterocycles. The molecular formula is C23H34N2O3S. The van der Waals surface area contributed by atoms with Gasteiger partial charge in [0.05, 0.1) is 4.90 Å². The number of aryl methyl sites for hydroxylation is 2. The van der Waals surface area contributed by atoms with E-state index in [-0.39, 0.29) is 11.8 Å². The average Bonchev–Trinajstić information content (AvgIpc) is 3.28. The maximum absolute atomic E-state index is 13.2. The summed E-state index contributed by atoms with van der Waals surface area (Å²) in [6.07, 6.45) is 10.3. The second-order valence-corrected chi connectivity index (χ2v) is 10.8. The Morgan fingerprint density at radius 2 is 1.66 bits per heavy atom. The molecule has 0 N–H and O–H groups in total. The largest absolute Gasteiger partial charge is 0.340 e. The minimum absolute atomic E-state index is 0.0365. The summed E-state index contributed by atoms with van der Waals surface area (Å²) in [4.78, 5) is 15.5. The third-order valence-electron chi connectivity index (χ3n) is 7.15. The Kier molecular flexibility index (Phi) is 6.30. The van der Waals surface area contributed by atoms with E-state index in [0.29, 0.717) is 36.9 Å². The van der Waals surface area contributed by atoms with Gasteiger partial charge in [-0.3, -0.25) is 4.79 Å². The molecule has 0 atom stereocenters. The topological polar surface area (TPSA) is 57.7 Å². The van der Waals surface area contributed by atoms with Gasteiger partial charge in [0, 0.05) is 31.6 Å². The van der Waals surface area contributed by atoms with E-state index in [1.807, 2.05) is 12.1 Å². The number of rotatable bonds is 5. The molecule has 29 heavy (non-hydrogen) atoms. The number of carbonyl (C=O) groups excluding carboxylic acids is 1. The number of sulfonamides is 1. The first kappa shape index (κ1) is 20.9. The molecular weight excluding hydrogens is 384 g/mol. The van der Waals surface area contributed by atoms with Gasteiger partial charge in [-0.05, 0) is 81.5 Å². The van der Waals surface area contributed by atoms with E-state index in [1.165, 1.54) is 30.4 Å². The van der Waals surface area contributed by atoms with Crippen molar-refractivity contribution >= 4 is 15.9 Å². The molecule has 6 heteroatoms. The first-order chi connectivity index (χ1) is 14.0. The van der Waals surface area contributed by atoms with Crippen molar-refractivity contribution < 1.29 is 13.2 Å². The molecule has 2 aliphatic carbocycles. The summed E-state index contributed by atoms with van der Waals surface area (Å²) in [6.45, 7) is 3.71. The van der Waals surface area contributed by atoms with Crippen LogP contribution in [0.2, 0.25) is 0 Å². The van der Waals surface area contributed by atoms with Gasteiger partial charge in [0.25, 0.3) is 0 Å². The molecule has 1 aromatic rings. The van der Waals surface area contributed by atoms with Crippen molar-refractivity contribution in [2.75, 3.05) is 19.6 Å². The van der Waals surface area contributed by atoms with Crippen LogP contribution in [0.1, 0.15) is 69.4 Å². The third kappa shape index (κ3) is 4.24. The second kappa shape index (κ2) is 8.76. The monoisotopic (exact) mass is 418 g/mol. The summed E-state index contributed by atoms with van der Waals surface area (Å²) in [6, 6.07) is 6.05. The maximum Gasteiger partial charge on any atom is 0.243 e. The van der Waals surface area contributed by atoms with Crippen LogP contribution in [0, 0.1) is 5.92 Å². The highest BCUT2D eigenvalue weighted by atomic mass is 32.2. The van der Waals surface area contributed by atoms with E-state index < -0.39 is 10.0 Å². The van der Waals surface area contributed by atoms with Crippen molar-refractivity contribution in [1.82, 2.24) is 9.21 Å². The molecule has 1 aliphatic heterocycles. The summed E-state index contributed by atoms with van der Waals surface area (Å²) in [5.41, 5.74) is 2.49. The van der Waals surface area contributed by atoms with Crippen molar-refractivity contribution in [2.45, 2.75) is 82.1 Å². The van der Waals surface area contributed by atoms with Gasteiger partial charge in [0.1, 0.15) is 0 Å². The SMILES string of the molecule is CCN(C(=O)C1CCN(S(=O)(=O)c2ccc3c(c2)CCCC3)CC1)C1CCCC1. The van der Waals surface area contributed by atoms with Crippen LogP contribution in [0.15, 0.2) is 23.1 Å². The number of hydrogen-bond donors (Lipinski definition) is 0. The molecule has 4 rings (SSSR count). The van der Waals surface area contributed by atoms with Gasteiger partial charge in [-0.1, -0.05) is 18.9 Å². The Hall–Kier alpha value is -1.40. The second-order valence-electron chi connectivity index (χ2n) is 8.88. The Labute approximate surface area is 175 Å². The Morgan fingerprint density at radius 3 is 2.31 bits per heavy atom. The quantitative estimate of drug-likeness (QED) is 0.732. The van der Waals surface area contributed by atoms with Crippen LogP contribution >= 0.6 is 0 Å². The number of fused-ring (bicyclic) bond motifs is 1. The maximum atomic E-state index is 13.2. The molecule has 1 saturated carbocycles. The smallest absolute Gasteiger partial charge is 0.243 e. The number of amides is 1. The first-order valence-electron chi connectivity index (χ1n) is 11.4. The van der Waals surface area contributed by atoms with E-state index in [9.17, 15) is 13.2 Å². The van der Waals surface area contributed by atoms with Crippen LogP contribution in [-0.4, -0.2) is 49.2 Å². The predicted octanol–water partition coefficient (Wildman–Crippen LogP) is 3.76. The molecule has 160 valence electrons. The lowest BCUT2D eigenvalue weighted by Gasteiger charge is -2.35. The fraction of sp³-hybridized carbons (Fsp3) is 0.696. The van der Waals surface area contributed by atoms with Crippen molar-refractivity contribution in [3.05, 3.63) is 29.3 Å². The van der Waals surface area contributed by atoms with E-state index in [2.05, 4.69) is 11.8 Å². The average molecular weight is 419 g/mol. The van der Waals surface area contributed by atoms with Crippen LogP contribution in [-0.2, 0) is 27.7 Å².